The Labute approximate surface area is 354 Å². The molecule has 9 heteroatoms. The molecule has 0 aromatic rings. The van der Waals surface area contributed by atoms with Crippen LogP contribution in [-0.2, 0) is 4.74 Å². The summed E-state index contributed by atoms with van der Waals surface area (Å²) in [5, 5.41) is 0. The lowest BCUT2D eigenvalue weighted by Crippen LogP contribution is -2.47. The van der Waals surface area contributed by atoms with E-state index in [9.17, 15) is 0 Å². The lowest BCUT2D eigenvalue weighted by atomic mass is 10.1. The highest BCUT2D eigenvalue weighted by atomic mass is 16.5. The summed E-state index contributed by atoms with van der Waals surface area (Å²) in [5.74, 6) is 0. The summed E-state index contributed by atoms with van der Waals surface area (Å²) < 4.78 is 5.21. The monoisotopic (exact) mass is 799 g/mol. The van der Waals surface area contributed by atoms with Crippen LogP contribution in [0.3, 0.4) is 0 Å². The van der Waals surface area contributed by atoms with E-state index in [4.69, 9.17) is 4.74 Å². The van der Waals surface area contributed by atoms with Gasteiger partial charge >= 0.3 is 0 Å². The van der Waals surface area contributed by atoms with Crippen LogP contribution < -0.4 is 0 Å². The first-order chi connectivity index (χ1) is 26.5. The van der Waals surface area contributed by atoms with Crippen LogP contribution in [0.4, 0.5) is 0 Å². The van der Waals surface area contributed by atoms with Crippen molar-refractivity contribution in [3.8, 4) is 0 Å². The van der Waals surface area contributed by atoms with Crippen molar-refractivity contribution in [3.05, 3.63) is 0 Å². The van der Waals surface area contributed by atoms with Crippen molar-refractivity contribution in [2.24, 2.45) is 0 Å². The summed E-state index contributed by atoms with van der Waals surface area (Å²) in [4.78, 5) is 19.3. The second kappa shape index (κ2) is 37.6. The number of morpholine rings is 1. The van der Waals surface area contributed by atoms with Gasteiger partial charge in [0.25, 0.3) is 0 Å². The van der Waals surface area contributed by atoms with Crippen LogP contribution in [0.1, 0.15) is 141 Å². The third kappa shape index (κ3) is 34.5. The Kier molecular flexibility index (Phi) is 38.8. The van der Waals surface area contributed by atoms with E-state index in [1.54, 1.807) is 0 Å². The van der Waals surface area contributed by atoms with Crippen LogP contribution in [0.2, 0.25) is 0 Å². The van der Waals surface area contributed by atoms with Gasteiger partial charge in [-0.3, -0.25) is 9.80 Å². The number of nitrogens with zero attached hydrogens (tertiary/aromatic N) is 8. The van der Waals surface area contributed by atoms with E-state index in [1.807, 2.05) is 26.0 Å². The van der Waals surface area contributed by atoms with E-state index >= 15 is 0 Å². The van der Waals surface area contributed by atoms with Gasteiger partial charge in [-0.05, 0) is 195 Å². The molecule has 0 saturated carbocycles. The molecule has 0 bridgehead atoms. The summed E-state index contributed by atoms with van der Waals surface area (Å²) >= 11 is 0. The lowest BCUT2D eigenvalue weighted by molar-refractivity contribution is 0.0238. The molecule has 0 N–H and O–H groups in total. The first-order valence-electron chi connectivity index (χ1n) is 23.7. The van der Waals surface area contributed by atoms with Gasteiger partial charge in [0, 0.05) is 69.5 Å². The number of likely N-dealkylation sites (tertiary alicyclic amines) is 3. The average molecular weight is 799 g/mol. The molecule has 5 aliphatic heterocycles. The summed E-state index contributed by atoms with van der Waals surface area (Å²) in [6.07, 6.45) is 12.8. The maximum atomic E-state index is 5.21. The molecule has 0 radical (unpaired) electrons. The van der Waals surface area contributed by atoms with Crippen molar-refractivity contribution in [2.75, 3.05) is 140 Å². The average Bonchev–Trinajstić information content (AvgIpc) is 3.59. The molecule has 0 atom stereocenters. The smallest absolute Gasteiger partial charge is 0.0594 e. The van der Waals surface area contributed by atoms with Gasteiger partial charge in [0.1, 0.15) is 0 Å². The van der Waals surface area contributed by atoms with Crippen LogP contribution in [0, 0.1) is 0 Å². The minimum absolute atomic E-state index is 0.689. The molecule has 5 aliphatic rings. The Morgan fingerprint density at radius 3 is 0.839 bits per heavy atom. The highest BCUT2D eigenvalue weighted by molar-refractivity contribution is 4.72. The standard InChI is InChI=1S/C9H19N.C8H18N2.C8H17N.C7H15NO.C7H15N.C5H13N.C3H9N/c1-9(2)10-7-5-3-4-6-8-10;1-8(2)10-6-4-9(3)5-7-10;1-8(2)9-6-4-3-5-7-9;1-7(2)8-3-5-9-6-4-8;1-7(2)8-5-3-4-6-8;1-4-6(3)5-2;1-4(2)3/h9H,3-8H2,1-2H3;8H,4-7H2,1-3H3;8H,3-7H2,1-2H3;7H,3-6H2,1-2H3;7H,3-6H2,1-2H3;4-5H2,1-3H3;1-3H3. The molecule has 56 heavy (non-hydrogen) atoms. The molecule has 0 aromatic carbocycles. The molecule has 5 saturated heterocycles. The van der Waals surface area contributed by atoms with Crippen molar-refractivity contribution in [3.63, 3.8) is 0 Å². The van der Waals surface area contributed by atoms with Gasteiger partial charge in [0.2, 0.25) is 0 Å². The zero-order valence-electron chi connectivity index (χ0n) is 41.6. The van der Waals surface area contributed by atoms with E-state index in [1.165, 1.54) is 123 Å². The quantitative estimate of drug-likeness (QED) is 0.254. The summed E-state index contributed by atoms with van der Waals surface area (Å²) in [5.41, 5.74) is 0. The molecule has 5 heterocycles. The van der Waals surface area contributed by atoms with Crippen molar-refractivity contribution in [2.45, 2.75) is 171 Å². The summed E-state index contributed by atoms with van der Waals surface area (Å²) in [6, 6.07) is 3.73. The lowest BCUT2D eigenvalue weighted by Gasteiger charge is -2.34. The first-order valence-corrected chi connectivity index (χ1v) is 23.7. The topological polar surface area (TPSA) is 35.2 Å². The Hall–Kier alpha value is -0.360. The minimum atomic E-state index is 0.689. The number of piperazine rings is 1. The van der Waals surface area contributed by atoms with Crippen LogP contribution in [0.15, 0.2) is 0 Å². The molecule has 0 aromatic heterocycles. The number of piperidine rings is 1. The van der Waals surface area contributed by atoms with E-state index < -0.39 is 0 Å². The number of hydrogen-bond acceptors (Lipinski definition) is 9. The molecular formula is C47H106N8O. The Bertz CT molecular complexity index is 748. The number of likely N-dealkylation sites (N-methyl/N-ethyl adjacent to an activating group) is 1. The normalized spacial score (nSPS) is 20.8. The molecule has 0 aliphatic carbocycles. The van der Waals surface area contributed by atoms with Gasteiger partial charge in [-0.1, -0.05) is 33.1 Å². The van der Waals surface area contributed by atoms with E-state index in [2.05, 4.69) is 131 Å². The Morgan fingerprint density at radius 2 is 0.607 bits per heavy atom. The molecule has 0 amide bonds. The third-order valence-electron chi connectivity index (χ3n) is 11.5. The Morgan fingerprint density at radius 1 is 0.375 bits per heavy atom. The molecule has 9 nitrogen and oxygen atoms in total. The maximum absolute atomic E-state index is 5.21. The van der Waals surface area contributed by atoms with E-state index in [0.717, 1.165) is 63.6 Å². The Balaban J connectivity index is 0. The van der Waals surface area contributed by atoms with Gasteiger partial charge in [-0.15, -0.1) is 0 Å². The molecule has 0 spiro atoms. The fourth-order valence-corrected chi connectivity index (χ4v) is 6.96. The fourth-order valence-electron chi connectivity index (χ4n) is 6.96. The highest BCUT2D eigenvalue weighted by Crippen LogP contribution is 2.13. The van der Waals surface area contributed by atoms with Gasteiger partial charge in [0.05, 0.1) is 13.2 Å². The van der Waals surface area contributed by atoms with Crippen LogP contribution in [0.5, 0.6) is 0 Å². The maximum Gasteiger partial charge on any atom is 0.0594 e. The second-order valence-electron chi connectivity index (χ2n) is 18.6. The third-order valence-corrected chi connectivity index (χ3v) is 11.5. The van der Waals surface area contributed by atoms with Gasteiger partial charge in [-0.2, -0.15) is 0 Å². The summed E-state index contributed by atoms with van der Waals surface area (Å²) in [7, 11) is 10.3. The predicted octanol–water partition coefficient (Wildman–Crippen LogP) is 8.15. The molecular weight excluding hydrogens is 693 g/mol. The van der Waals surface area contributed by atoms with Gasteiger partial charge in [0.15, 0.2) is 0 Å². The van der Waals surface area contributed by atoms with E-state index in [-0.39, 0.29) is 0 Å². The fraction of sp³-hybridized carbons (Fsp3) is 1.00. The SMILES string of the molecule is CC(C)N1CCCC1.CC(C)N1CCCCC1.CC(C)N1CCCCCC1.CC(C)N1CCN(C)CC1.CC(C)N1CCOCC1.CCN(C)CC.CN(C)C. The van der Waals surface area contributed by atoms with Crippen molar-refractivity contribution in [1.82, 2.24) is 39.2 Å². The molecule has 5 fully saturated rings. The first kappa shape index (κ1) is 57.7. The number of rotatable bonds is 7. The molecule has 0 unspecified atom stereocenters. The summed E-state index contributed by atoms with van der Waals surface area (Å²) in [6.45, 7) is 46.3. The van der Waals surface area contributed by atoms with Gasteiger partial charge in [-0.25, -0.2) is 0 Å². The minimum Gasteiger partial charge on any atom is -0.379 e. The largest absolute Gasteiger partial charge is 0.379 e. The van der Waals surface area contributed by atoms with Crippen LogP contribution >= 0.6 is 0 Å². The van der Waals surface area contributed by atoms with Crippen LogP contribution in [0.25, 0.3) is 0 Å². The highest BCUT2D eigenvalue weighted by Gasteiger charge is 2.16. The van der Waals surface area contributed by atoms with Crippen LogP contribution in [-0.4, -0.2) is 209 Å². The second-order valence-corrected chi connectivity index (χ2v) is 18.6. The zero-order chi connectivity index (χ0) is 42.9. The van der Waals surface area contributed by atoms with Crippen molar-refractivity contribution < 1.29 is 4.74 Å². The number of hydrogen-bond donors (Lipinski definition) is 0. The van der Waals surface area contributed by atoms with Crippen molar-refractivity contribution >= 4 is 0 Å². The predicted molar refractivity (Wildman–Crippen MR) is 252 cm³/mol. The zero-order valence-corrected chi connectivity index (χ0v) is 41.6. The molecule has 340 valence electrons. The van der Waals surface area contributed by atoms with Gasteiger partial charge < -0.3 is 34.1 Å². The molecule has 5 rings (SSSR count). The van der Waals surface area contributed by atoms with E-state index in [0.29, 0.717) is 6.04 Å². The number of ether oxygens (including phenoxy) is 1. The van der Waals surface area contributed by atoms with Crippen molar-refractivity contribution in [1.29, 1.82) is 0 Å².